The third-order valence-corrected chi connectivity index (χ3v) is 2.46. The number of benzene rings is 1. The summed E-state index contributed by atoms with van der Waals surface area (Å²) in [5.74, 6) is -0.243. The second-order valence-electron chi connectivity index (χ2n) is 3.57. The number of hydrogen-bond donors (Lipinski definition) is 3. The molecule has 0 bridgehead atoms. The third-order valence-electron chi connectivity index (χ3n) is 2.23. The van der Waals surface area contributed by atoms with E-state index in [1.54, 1.807) is 0 Å². The Hall–Kier alpha value is -2.42. The molecule has 0 amide bonds. The first-order valence-corrected chi connectivity index (χ1v) is 6.02. The molecule has 3 N–H and O–H groups in total. The van der Waals surface area contributed by atoms with E-state index in [9.17, 15) is 15.2 Å². The zero-order chi connectivity index (χ0) is 15.1. The van der Waals surface area contributed by atoms with E-state index in [2.05, 4.69) is 15.8 Å². The molecule has 0 saturated heterocycles. The maximum atomic E-state index is 10.8. The molecule has 20 heavy (non-hydrogen) atoms. The zero-order valence-corrected chi connectivity index (χ0v) is 11.7. The second-order valence-corrected chi connectivity index (χ2v) is 3.98. The number of non-ortho nitro benzene ring substituents is 1. The lowest BCUT2D eigenvalue weighted by atomic mass is 10.2. The molecule has 108 valence electrons. The number of nitro benzene ring substituents is 1. The van der Waals surface area contributed by atoms with Gasteiger partial charge in [-0.05, 0) is 19.1 Å². The van der Waals surface area contributed by atoms with Crippen molar-refractivity contribution in [2.24, 2.45) is 5.10 Å². The van der Waals surface area contributed by atoms with Crippen molar-refractivity contribution < 1.29 is 14.8 Å². The quantitative estimate of drug-likeness (QED) is 0.323. The Bertz CT molecular complexity index is 547. The second kappa shape index (κ2) is 7.24. The summed E-state index contributed by atoms with van der Waals surface area (Å²) in [4.78, 5) is 10.2. The average Bonchev–Trinajstić information content (AvgIpc) is 2.40. The monoisotopic (exact) mass is 298 g/mol. The van der Waals surface area contributed by atoms with Crippen LogP contribution in [-0.2, 0) is 0 Å². The number of phenols is 1. The number of ether oxygens (including phenoxy) is 1. The van der Waals surface area contributed by atoms with Gasteiger partial charge in [0, 0.05) is 18.2 Å². The molecule has 1 aromatic rings. The number of hydrazone groups is 1. The predicted octanol–water partition coefficient (Wildman–Crippen LogP) is 1.13. The molecule has 0 aliphatic carbocycles. The van der Waals surface area contributed by atoms with Crippen LogP contribution in [0.1, 0.15) is 12.5 Å². The van der Waals surface area contributed by atoms with Gasteiger partial charge in [-0.3, -0.25) is 15.5 Å². The fourth-order valence-electron chi connectivity index (χ4n) is 1.33. The minimum Gasteiger partial charge on any atom is -0.504 e. The molecule has 0 radical (unpaired) electrons. The van der Waals surface area contributed by atoms with Crippen molar-refractivity contribution in [3.05, 3.63) is 27.8 Å². The number of nitro groups is 1. The highest BCUT2D eigenvalue weighted by atomic mass is 32.1. The fraction of sp³-hybridized carbons (Fsp3) is 0.273. The first kappa shape index (κ1) is 15.6. The summed E-state index contributed by atoms with van der Waals surface area (Å²) < 4.78 is 4.87. The van der Waals surface area contributed by atoms with Gasteiger partial charge >= 0.3 is 0 Å². The van der Waals surface area contributed by atoms with Crippen molar-refractivity contribution in [3.8, 4) is 11.5 Å². The van der Waals surface area contributed by atoms with Crippen molar-refractivity contribution in [1.82, 2.24) is 10.7 Å². The van der Waals surface area contributed by atoms with Crippen LogP contribution >= 0.6 is 12.2 Å². The molecular formula is C11H14N4O4S. The number of hydrogen-bond acceptors (Lipinski definition) is 6. The van der Waals surface area contributed by atoms with Crippen LogP contribution in [0.4, 0.5) is 5.69 Å². The Labute approximate surface area is 120 Å². The Morgan fingerprint density at radius 3 is 2.90 bits per heavy atom. The van der Waals surface area contributed by atoms with E-state index >= 15 is 0 Å². The highest BCUT2D eigenvalue weighted by Gasteiger charge is 2.15. The van der Waals surface area contributed by atoms with E-state index in [0.29, 0.717) is 11.7 Å². The van der Waals surface area contributed by atoms with Gasteiger partial charge in [0.15, 0.2) is 16.6 Å². The van der Waals surface area contributed by atoms with Crippen LogP contribution in [0.25, 0.3) is 0 Å². The predicted molar refractivity (Wildman–Crippen MR) is 78.3 cm³/mol. The molecule has 9 heteroatoms. The topological polar surface area (TPSA) is 109 Å². The Kier molecular flexibility index (Phi) is 5.66. The van der Waals surface area contributed by atoms with Gasteiger partial charge in [0.2, 0.25) is 0 Å². The first-order chi connectivity index (χ1) is 9.49. The van der Waals surface area contributed by atoms with Crippen LogP contribution in [0.2, 0.25) is 0 Å². The summed E-state index contributed by atoms with van der Waals surface area (Å²) in [5, 5.41) is 27.5. The van der Waals surface area contributed by atoms with Crippen LogP contribution in [0.5, 0.6) is 11.5 Å². The maximum absolute atomic E-state index is 10.8. The van der Waals surface area contributed by atoms with Crippen molar-refractivity contribution in [1.29, 1.82) is 0 Å². The minimum atomic E-state index is -0.587. The average molecular weight is 298 g/mol. The number of rotatable bonds is 5. The van der Waals surface area contributed by atoms with Crippen molar-refractivity contribution in [2.45, 2.75) is 6.92 Å². The van der Waals surface area contributed by atoms with Gasteiger partial charge in [-0.2, -0.15) is 5.10 Å². The summed E-state index contributed by atoms with van der Waals surface area (Å²) in [6.07, 6.45) is 1.22. The number of thiocarbonyl (C=S) groups is 1. The third kappa shape index (κ3) is 4.05. The van der Waals surface area contributed by atoms with Crippen LogP contribution in [0, 0.1) is 10.1 Å². The van der Waals surface area contributed by atoms with E-state index in [1.807, 2.05) is 6.92 Å². The number of nitrogens with zero attached hydrogens (tertiary/aromatic N) is 2. The number of nitrogens with one attached hydrogen (secondary N) is 2. The first-order valence-electron chi connectivity index (χ1n) is 5.61. The van der Waals surface area contributed by atoms with Gasteiger partial charge < -0.3 is 15.2 Å². The molecule has 0 spiro atoms. The van der Waals surface area contributed by atoms with Gasteiger partial charge in [0.1, 0.15) is 0 Å². The molecule has 0 fully saturated rings. The molecule has 1 rings (SSSR count). The lowest BCUT2D eigenvalue weighted by Crippen LogP contribution is -2.31. The maximum Gasteiger partial charge on any atom is 0.274 e. The Morgan fingerprint density at radius 2 is 2.35 bits per heavy atom. The van der Waals surface area contributed by atoms with E-state index in [1.165, 1.54) is 19.4 Å². The number of phenolic OH excluding ortho intramolecular Hbond substituents is 1. The Balaban J connectivity index is 2.98. The van der Waals surface area contributed by atoms with Gasteiger partial charge in [0.05, 0.1) is 24.3 Å². The molecule has 8 nitrogen and oxygen atoms in total. The molecule has 0 heterocycles. The highest BCUT2D eigenvalue weighted by Crippen LogP contribution is 2.33. The van der Waals surface area contributed by atoms with Crippen LogP contribution in [0.3, 0.4) is 0 Å². The van der Waals surface area contributed by atoms with Crippen LogP contribution in [-0.4, -0.2) is 35.0 Å². The summed E-state index contributed by atoms with van der Waals surface area (Å²) in [7, 11) is 1.30. The molecule has 0 saturated carbocycles. The smallest absolute Gasteiger partial charge is 0.274 e. The summed E-state index contributed by atoms with van der Waals surface area (Å²) in [5.41, 5.74) is 2.44. The molecule has 0 unspecified atom stereocenters. The van der Waals surface area contributed by atoms with Crippen molar-refractivity contribution >= 4 is 29.2 Å². The Morgan fingerprint density at radius 1 is 1.65 bits per heavy atom. The van der Waals surface area contributed by atoms with E-state index < -0.39 is 4.92 Å². The lowest BCUT2D eigenvalue weighted by molar-refractivity contribution is -0.385. The molecule has 0 aromatic heterocycles. The number of aromatic hydroxyl groups is 1. The summed E-state index contributed by atoms with van der Waals surface area (Å²) in [6.45, 7) is 2.51. The fourth-order valence-corrected chi connectivity index (χ4v) is 1.53. The number of methoxy groups -OCH3 is 1. The van der Waals surface area contributed by atoms with Gasteiger partial charge in [0.25, 0.3) is 5.69 Å². The molecular weight excluding hydrogens is 284 g/mol. The lowest BCUT2D eigenvalue weighted by Gasteiger charge is -2.06. The van der Waals surface area contributed by atoms with Gasteiger partial charge in [-0.25, -0.2) is 0 Å². The highest BCUT2D eigenvalue weighted by molar-refractivity contribution is 7.80. The van der Waals surface area contributed by atoms with Crippen LogP contribution < -0.4 is 15.5 Å². The zero-order valence-electron chi connectivity index (χ0n) is 10.9. The van der Waals surface area contributed by atoms with Gasteiger partial charge in [-0.15, -0.1) is 0 Å². The van der Waals surface area contributed by atoms with E-state index in [4.69, 9.17) is 17.0 Å². The molecule has 0 aliphatic rings. The van der Waals surface area contributed by atoms with Crippen LogP contribution in [0.15, 0.2) is 17.2 Å². The van der Waals surface area contributed by atoms with E-state index in [-0.39, 0.29) is 22.7 Å². The normalized spacial score (nSPS) is 10.3. The standard InChI is InChI=1S/C11H14N4O4S/c1-3-12-11(20)14-13-6-7-4-8(15(17)18)5-9(19-2)10(7)16/h4-6,16H,3H2,1-2H3,(H2,12,14,20)/b13-6-. The van der Waals surface area contributed by atoms with E-state index in [0.717, 1.165) is 6.07 Å². The largest absolute Gasteiger partial charge is 0.504 e. The SMILES string of the molecule is CCNC(=S)N/N=C\c1cc([N+](=O)[O-])cc(OC)c1O. The molecule has 0 atom stereocenters. The van der Waals surface area contributed by atoms with Crippen molar-refractivity contribution in [3.63, 3.8) is 0 Å². The van der Waals surface area contributed by atoms with Gasteiger partial charge in [-0.1, -0.05) is 0 Å². The molecule has 0 aliphatic heterocycles. The summed E-state index contributed by atoms with van der Waals surface area (Å²) >= 11 is 4.89. The minimum absolute atomic E-state index is 0.00471. The van der Waals surface area contributed by atoms with Crippen molar-refractivity contribution in [2.75, 3.05) is 13.7 Å². The molecule has 1 aromatic carbocycles. The summed E-state index contributed by atoms with van der Waals surface area (Å²) in [6, 6.07) is 2.31.